The number of rotatable bonds is 1. The van der Waals surface area contributed by atoms with E-state index >= 15 is 0 Å². The van der Waals surface area contributed by atoms with Gasteiger partial charge < -0.3 is 5.11 Å². The first kappa shape index (κ1) is 10.6. The van der Waals surface area contributed by atoms with Gasteiger partial charge in [-0.15, -0.1) is 0 Å². The average Bonchev–Trinajstić information content (AvgIpc) is 2.12. The number of halogens is 2. The summed E-state index contributed by atoms with van der Waals surface area (Å²) in [5.41, 5.74) is 0.299. The lowest BCUT2D eigenvalue weighted by atomic mass is 10.2. The second-order valence-corrected chi connectivity index (χ2v) is 2.85. The molecule has 0 fully saturated rings. The van der Waals surface area contributed by atoms with Gasteiger partial charge in [0.05, 0.1) is 5.02 Å². The fourth-order valence-electron chi connectivity index (χ4n) is 0.815. The Bertz CT molecular complexity index is 418. The number of benzene rings is 1. The molecule has 0 heterocycles. The van der Waals surface area contributed by atoms with E-state index in [1.807, 2.05) is 0 Å². The first-order valence-electron chi connectivity index (χ1n) is 3.76. The number of hydrogen-bond acceptors (Lipinski definition) is 1. The van der Waals surface area contributed by atoms with Crippen LogP contribution in [-0.4, -0.2) is 11.1 Å². The van der Waals surface area contributed by atoms with Crippen molar-refractivity contribution in [1.29, 1.82) is 0 Å². The van der Waals surface area contributed by atoms with Crippen LogP contribution in [0.3, 0.4) is 0 Å². The number of hydrogen-bond donors (Lipinski definition) is 1. The van der Waals surface area contributed by atoms with Crippen LogP contribution in [0.15, 0.2) is 18.2 Å². The van der Waals surface area contributed by atoms with E-state index in [2.05, 4.69) is 11.8 Å². The molecule has 1 N–H and O–H groups in total. The van der Waals surface area contributed by atoms with Crippen LogP contribution in [0.2, 0.25) is 5.02 Å². The summed E-state index contributed by atoms with van der Waals surface area (Å²) in [5.74, 6) is 3.27. The smallest absolute Gasteiger partial charge is 0.315 e. The van der Waals surface area contributed by atoms with Crippen LogP contribution in [0.5, 0.6) is 0 Å². The van der Waals surface area contributed by atoms with Crippen molar-refractivity contribution in [3.8, 4) is 11.8 Å². The average molecular weight is 213 g/mol. The minimum absolute atomic E-state index is 0.0783. The van der Waals surface area contributed by atoms with Crippen molar-refractivity contribution >= 4 is 17.6 Å². The highest BCUT2D eigenvalue weighted by Crippen LogP contribution is 2.18. The Labute approximate surface area is 85.3 Å². The van der Waals surface area contributed by atoms with E-state index in [1.165, 1.54) is 18.2 Å². The first-order chi connectivity index (χ1) is 6.61. The minimum atomic E-state index is -1.02. The number of carboxylic acids is 1. The van der Waals surface area contributed by atoms with E-state index in [9.17, 15) is 9.18 Å². The Morgan fingerprint density at radius 3 is 2.93 bits per heavy atom. The van der Waals surface area contributed by atoms with Crippen LogP contribution in [-0.2, 0) is 4.79 Å². The topological polar surface area (TPSA) is 37.3 Å². The van der Waals surface area contributed by atoms with Gasteiger partial charge in [0, 0.05) is 5.56 Å². The fourth-order valence-corrected chi connectivity index (χ4v) is 0.989. The lowest BCUT2D eigenvalue weighted by molar-refractivity contribution is -0.135. The van der Waals surface area contributed by atoms with Crippen molar-refractivity contribution in [1.82, 2.24) is 0 Å². The molecule has 0 saturated carbocycles. The third-order valence-corrected chi connectivity index (χ3v) is 1.80. The Morgan fingerprint density at radius 2 is 2.29 bits per heavy atom. The van der Waals surface area contributed by atoms with Gasteiger partial charge in [0.1, 0.15) is 12.2 Å². The zero-order valence-electron chi connectivity index (χ0n) is 7.05. The van der Waals surface area contributed by atoms with Gasteiger partial charge >= 0.3 is 5.97 Å². The van der Waals surface area contributed by atoms with Crippen LogP contribution in [0.1, 0.15) is 12.0 Å². The molecule has 0 amide bonds. The normalized spacial score (nSPS) is 9.00. The van der Waals surface area contributed by atoms with Gasteiger partial charge in [0.2, 0.25) is 0 Å². The zero-order chi connectivity index (χ0) is 10.6. The zero-order valence-corrected chi connectivity index (χ0v) is 7.81. The third kappa shape index (κ3) is 2.75. The molecule has 0 aliphatic heterocycles. The van der Waals surface area contributed by atoms with Crippen molar-refractivity contribution in [3.63, 3.8) is 0 Å². The predicted octanol–water partition coefficient (Wildman–Crippen LogP) is 2.31. The maximum Gasteiger partial charge on any atom is 0.315 e. The fraction of sp³-hybridized carbons (Fsp3) is 0.100. The Balaban J connectivity index is 2.90. The second-order valence-electron chi connectivity index (χ2n) is 2.47. The van der Waals surface area contributed by atoms with E-state index in [4.69, 9.17) is 16.7 Å². The highest BCUT2D eigenvalue weighted by molar-refractivity contribution is 6.31. The highest BCUT2D eigenvalue weighted by atomic mass is 35.5. The molecule has 0 atom stereocenters. The number of carbonyl (C=O) groups is 1. The maximum atomic E-state index is 12.8. The molecular formula is C10H6ClFO2. The maximum absolute atomic E-state index is 12.8. The third-order valence-electron chi connectivity index (χ3n) is 1.41. The molecule has 4 heteroatoms. The largest absolute Gasteiger partial charge is 0.481 e. The molecular weight excluding hydrogens is 207 g/mol. The van der Waals surface area contributed by atoms with Crippen molar-refractivity contribution < 1.29 is 14.3 Å². The molecule has 0 bridgehead atoms. The van der Waals surface area contributed by atoms with E-state index in [0.717, 1.165) is 0 Å². The van der Waals surface area contributed by atoms with Gasteiger partial charge in [0.25, 0.3) is 0 Å². The molecule has 0 aliphatic carbocycles. The van der Waals surface area contributed by atoms with Gasteiger partial charge in [-0.05, 0) is 12.1 Å². The SMILES string of the molecule is O=C(O)CC#Cc1cccc(F)c1Cl. The lowest BCUT2D eigenvalue weighted by Gasteiger charge is -1.95. The monoisotopic (exact) mass is 212 g/mol. The van der Waals surface area contributed by atoms with Crippen molar-refractivity contribution in [2.24, 2.45) is 0 Å². The molecule has 1 rings (SSSR count). The summed E-state index contributed by atoms with van der Waals surface area (Å²) in [4.78, 5) is 10.1. The molecule has 0 unspecified atom stereocenters. The summed E-state index contributed by atoms with van der Waals surface area (Å²) in [5, 5.41) is 8.23. The van der Waals surface area contributed by atoms with E-state index in [0.29, 0.717) is 5.56 Å². The van der Waals surface area contributed by atoms with Crippen LogP contribution < -0.4 is 0 Å². The minimum Gasteiger partial charge on any atom is -0.481 e. The molecule has 0 spiro atoms. The molecule has 14 heavy (non-hydrogen) atoms. The predicted molar refractivity (Wildman–Crippen MR) is 50.5 cm³/mol. The van der Waals surface area contributed by atoms with Gasteiger partial charge in [-0.2, -0.15) is 0 Å². The van der Waals surface area contributed by atoms with Gasteiger partial charge in [-0.3, -0.25) is 4.79 Å². The Kier molecular flexibility index (Phi) is 3.49. The van der Waals surface area contributed by atoms with Gasteiger partial charge in [-0.1, -0.05) is 29.5 Å². The van der Waals surface area contributed by atoms with Crippen LogP contribution in [0.25, 0.3) is 0 Å². The van der Waals surface area contributed by atoms with Crippen molar-refractivity contribution in [2.45, 2.75) is 6.42 Å². The summed E-state index contributed by atoms with van der Waals surface area (Å²) in [6.45, 7) is 0. The summed E-state index contributed by atoms with van der Waals surface area (Å²) >= 11 is 5.58. The van der Waals surface area contributed by atoms with Crippen LogP contribution in [0.4, 0.5) is 4.39 Å². The lowest BCUT2D eigenvalue weighted by Crippen LogP contribution is -1.90. The molecule has 0 aliphatic rings. The Morgan fingerprint density at radius 1 is 1.57 bits per heavy atom. The summed E-state index contributed by atoms with van der Waals surface area (Å²) < 4.78 is 12.8. The standard InChI is InChI=1S/C10H6ClFO2/c11-10-7(3-1-5-8(10)12)4-2-6-9(13)14/h1,3,5H,6H2,(H,13,14). The molecule has 1 aromatic rings. The van der Waals surface area contributed by atoms with Crippen molar-refractivity contribution in [2.75, 3.05) is 0 Å². The van der Waals surface area contributed by atoms with Crippen molar-refractivity contribution in [3.05, 3.63) is 34.6 Å². The number of carboxylic acid groups (broad SMARTS) is 1. The highest BCUT2D eigenvalue weighted by Gasteiger charge is 2.02. The van der Waals surface area contributed by atoms with E-state index < -0.39 is 11.8 Å². The molecule has 0 radical (unpaired) electrons. The molecule has 0 aromatic heterocycles. The quantitative estimate of drug-likeness (QED) is 0.726. The Hall–Kier alpha value is -1.53. The molecule has 72 valence electrons. The summed E-state index contributed by atoms with van der Waals surface area (Å²) in [7, 11) is 0. The number of aliphatic carboxylic acids is 1. The van der Waals surface area contributed by atoms with Gasteiger partial charge in [-0.25, -0.2) is 4.39 Å². The van der Waals surface area contributed by atoms with E-state index in [1.54, 1.807) is 0 Å². The molecule has 0 saturated heterocycles. The summed E-state index contributed by atoms with van der Waals surface area (Å²) in [6.07, 6.45) is -0.285. The first-order valence-corrected chi connectivity index (χ1v) is 4.13. The van der Waals surface area contributed by atoms with Gasteiger partial charge in [0.15, 0.2) is 0 Å². The second kappa shape index (κ2) is 4.64. The molecule has 1 aromatic carbocycles. The van der Waals surface area contributed by atoms with Crippen LogP contribution in [0, 0.1) is 17.7 Å². The van der Waals surface area contributed by atoms with E-state index in [-0.39, 0.29) is 11.4 Å². The summed E-state index contributed by atoms with van der Waals surface area (Å²) in [6, 6.07) is 4.21. The molecule has 2 nitrogen and oxygen atoms in total. The van der Waals surface area contributed by atoms with Crippen LogP contribution >= 0.6 is 11.6 Å².